The normalized spacial score (nSPS) is 14.7. The van der Waals surface area contributed by atoms with Crippen LogP contribution in [0.25, 0.3) is 0 Å². The minimum absolute atomic E-state index is 0.0142. The molecule has 1 rings (SSSR count). The zero-order valence-corrected chi connectivity index (χ0v) is 9.95. The summed E-state index contributed by atoms with van der Waals surface area (Å²) in [5, 5.41) is 6.28. The van der Waals surface area contributed by atoms with Gasteiger partial charge in [0.25, 0.3) is 5.91 Å². The lowest BCUT2D eigenvalue weighted by atomic mass is 10.1. The van der Waals surface area contributed by atoms with Crippen LogP contribution in [0.4, 0.5) is 0 Å². The van der Waals surface area contributed by atoms with Crippen LogP contribution >= 0.6 is 0 Å². The van der Waals surface area contributed by atoms with Crippen LogP contribution in [0.2, 0.25) is 0 Å². The minimum Gasteiger partial charge on any atom is -0.355 e. The summed E-state index contributed by atoms with van der Waals surface area (Å²) in [7, 11) is 1.52. The molecule has 17 heavy (non-hydrogen) atoms. The van der Waals surface area contributed by atoms with Crippen LogP contribution in [0.5, 0.6) is 0 Å². The Hall–Kier alpha value is -1.92. The van der Waals surface area contributed by atoms with Crippen molar-refractivity contribution in [3.05, 3.63) is 0 Å². The third-order valence-corrected chi connectivity index (χ3v) is 2.25. The number of hydrogen-bond donors (Lipinski definition) is 2. The van der Waals surface area contributed by atoms with Gasteiger partial charge in [-0.25, -0.2) is 5.43 Å². The van der Waals surface area contributed by atoms with Crippen LogP contribution in [0.1, 0.15) is 19.8 Å². The molecule has 0 aliphatic carbocycles. The lowest BCUT2D eigenvalue weighted by Crippen LogP contribution is -2.43. The van der Waals surface area contributed by atoms with Crippen molar-refractivity contribution in [2.45, 2.75) is 19.8 Å². The molecule has 0 radical (unpaired) electrons. The van der Waals surface area contributed by atoms with E-state index in [9.17, 15) is 14.4 Å². The van der Waals surface area contributed by atoms with Gasteiger partial charge in [-0.1, -0.05) is 0 Å². The summed E-state index contributed by atoms with van der Waals surface area (Å²) in [4.78, 5) is 35.2. The summed E-state index contributed by atoms with van der Waals surface area (Å²) < 4.78 is 0. The molecule has 0 saturated heterocycles. The molecule has 0 aromatic heterocycles. The standard InChI is InChI=1S/C10H16N4O3/c1-3-11-9(16)6-14(2)10(17)7-4-5-8(15)13-12-7/h3-6H2,1-2H3,(H,11,16)(H,13,15). The number of amides is 3. The largest absolute Gasteiger partial charge is 0.355 e. The van der Waals surface area contributed by atoms with Crippen LogP contribution in [0.3, 0.4) is 0 Å². The maximum atomic E-state index is 11.8. The molecule has 3 amide bonds. The first-order valence-electron chi connectivity index (χ1n) is 5.42. The van der Waals surface area contributed by atoms with Gasteiger partial charge in [0.2, 0.25) is 11.8 Å². The maximum absolute atomic E-state index is 11.8. The van der Waals surface area contributed by atoms with Gasteiger partial charge in [-0.2, -0.15) is 5.10 Å². The third-order valence-electron chi connectivity index (χ3n) is 2.25. The smallest absolute Gasteiger partial charge is 0.270 e. The molecular formula is C10H16N4O3. The van der Waals surface area contributed by atoms with E-state index in [0.717, 1.165) is 0 Å². The first-order chi connectivity index (χ1) is 8.04. The van der Waals surface area contributed by atoms with E-state index in [-0.39, 0.29) is 36.4 Å². The van der Waals surface area contributed by atoms with Crippen LogP contribution in [-0.2, 0) is 14.4 Å². The Bertz CT molecular complexity index is 365. The van der Waals surface area contributed by atoms with Gasteiger partial charge in [0, 0.05) is 26.4 Å². The van der Waals surface area contributed by atoms with Gasteiger partial charge in [0.05, 0.1) is 6.54 Å². The Morgan fingerprint density at radius 2 is 2.18 bits per heavy atom. The Morgan fingerprint density at radius 1 is 1.47 bits per heavy atom. The van der Waals surface area contributed by atoms with Gasteiger partial charge in [0.15, 0.2) is 0 Å². The van der Waals surface area contributed by atoms with Crippen molar-refractivity contribution < 1.29 is 14.4 Å². The van der Waals surface area contributed by atoms with E-state index in [2.05, 4.69) is 15.8 Å². The summed E-state index contributed by atoms with van der Waals surface area (Å²) in [6.07, 6.45) is 0.559. The first kappa shape index (κ1) is 13.1. The van der Waals surface area contributed by atoms with Crippen LogP contribution < -0.4 is 10.7 Å². The van der Waals surface area contributed by atoms with Crippen LogP contribution in [0.15, 0.2) is 5.10 Å². The van der Waals surface area contributed by atoms with Crippen molar-refractivity contribution in [3.8, 4) is 0 Å². The van der Waals surface area contributed by atoms with Crippen molar-refractivity contribution >= 4 is 23.4 Å². The van der Waals surface area contributed by atoms with Gasteiger partial charge in [-0.3, -0.25) is 14.4 Å². The predicted molar refractivity (Wildman–Crippen MR) is 61.1 cm³/mol. The molecule has 1 aliphatic rings. The molecule has 0 aromatic rings. The third kappa shape index (κ3) is 3.86. The molecule has 0 unspecified atom stereocenters. The van der Waals surface area contributed by atoms with E-state index in [0.29, 0.717) is 13.0 Å². The van der Waals surface area contributed by atoms with E-state index in [1.54, 1.807) is 6.92 Å². The Kier molecular flexibility index (Phi) is 4.62. The molecule has 0 fully saturated rings. The molecule has 0 aromatic carbocycles. The van der Waals surface area contributed by atoms with Crippen molar-refractivity contribution in [2.75, 3.05) is 20.1 Å². The quantitative estimate of drug-likeness (QED) is 0.650. The molecule has 0 spiro atoms. The average molecular weight is 240 g/mol. The maximum Gasteiger partial charge on any atom is 0.270 e. The highest BCUT2D eigenvalue weighted by Gasteiger charge is 2.22. The zero-order chi connectivity index (χ0) is 12.8. The predicted octanol–water partition coefficient (Wildman–Crippen LogP) is -1.15. The number of hydrazone groups is 1. The Morgan fingerprint density at radius 3 is 2.71 bits per heavy atom. The van der Waals surface area contributed by atoms with E-state index in [1.807, 2.05) is 0 Å². The van der Waals surface area contributed by atoms with Gasteiger partial charge in [0.1, 0.15) is 5.71 Å². The molecule has 1 heterocycles. The molecule has 2 N–H and O–H groups in total. The lowest BCUT2D eigenvalue weighted by Gasteiger charge is -2.19. The fourth-order valence-electron chi connectivity index (χ4n) is 1.39. The molecule has 1 aliphatic heterocycles. The van der Waals surface area contributed by atoms with E-state index in [4.69, 9.17) is 0 Å². The number of nitrogens with one attached hydrogen (secondary N) is 2. The summed E-state index contributed by atoms with van der Waals surface area (Å²) in [5.74, 6) is -0.757. The van der Waals surface area contributed by atoms with Crippen molar-refractivity contribution in [3.63, 3.8) is 0 Å². The molecular weight excluding hydrogens is 224 g/mol. The van der Waals surface area contributed by atoms with Crippen LogP contribution in [0, 0.1) is 0 Å². The van der Waals surface area contributed by atoms with Crippen LogP contribution in [-0.4, -0.2) is 48.5 Å². The number of hydrogen-bond acceptors (Lipinski definition) is 4. The summed E-state index contributed by atoms with van der Waals surface area (Å²) in [6, 6.07) is 0. The summed E-state index contributed by atoms with van der Waals surface area (Å²) in [5.41, 5.74) is 2.52. The van der Waals surface area contributed by atoms with Crippen molar-refractivity contribution in [1.29, 1.82) is 0 Å². The number of carbonyl (C=O) groups is 3. The highest BCUT2D eigenvalue weighted by atomic mass is 16.2. The van der Waals surface area contributed by atoms with E-state index < -0.39 is 0 Å². The molecule has 94 valence electrons. The van der Waals surface area contributed by atoms with E-state index >= 15 is 0 Å². The first-order valence-corrected chi connectivity index (χ1v) is 5.42. The summed E-state index contributed by atoms with van der Waals surface area (Å²) >= 11 is 0. The fraction of sp³-hybridized carbons (Fsp3) is 0.600. The fourth-order valence-corrected chi connectivity index (χ4v) is 1.39. The van der Waals surface area contributed by atoms with Gasteiger partial charge < -0.3 is 10.2 Å². The second-order valence-electron chi connectivity index (χ2n) is 3.71. The minimum atomic E-state index is -0.337. The highest BCUT2D eigenvalue weighted by molar-refractivity contribution is 6.39. The number of likely N-dealkylation sites (N-methyl/N-ethyl adjacent to an activating group) is 2. The monoisotopic (exact) mass is 240 g/mol. The molecule has 0 saturated carbocycles. The molecule has 7 nitrogen and oxygen atoms in total. The number of carbonyl (C=O) groups excluding carboxylic acids is 3. The SMILES string of the molecule is CCNC(=O)CN(C)C(=O)C1=NNC(=O)CC1. The lowest BCUT2D eigenvalue weighted by molar-refractivity contribution is -0.130. The second-order valence-corrected chi connectivity index (χ2v) is 3.71. The molecule has 0 atom stereocenters. The molecule has 0 bridgehead atoms. The van der Waals surface area contributed by atoms with Gasteiger partial charge >= 0.3 is 0 Å². The number of nitrogens with zero attached hydrogens (tertiary/aromatic N) is 2. The van der Waals surface area contributed by atoms with Gasteiger partial charge in [-0.15, -0.1) is 0 Å². The van der Waals surface area contributed by atoms with E-state index in [1.165, 1.54) is 11.9 Å². The second kappa shape index (κ2) is 5.97. The Balaban J connectivity index is 2.52. The van der Waals surface area contributed by atoms with Crippen molar-refractivity contribution in [1.82, 2.24) is 15.6 Å². The summed E-state index contributed by atoms with van der Waals surface area (Å²) in [6.45, 7) is 2.32. The molecule has 7 heteroatoms. The average Bonchev–Trinajstić information content (AvgIpc) is 2.29. The van der Waals surface area contributed by atoms with Gasteiger partial charge in [-0.05, 0) is 6.92 Å². The van der Waals surface area contributed by atoms with Crippen molar-refractivity contribution in [2.24, 2.45) is 5.10 Å². The number of rotatable bonds is 4. The Labute approximate surface area is 99.2 Å². The highest BCUT2D eigenvalue weighted by Crippen LogP contribution is 2.02. The zero-order valence-electron chi connectivity index (χ0n) is 9.95. The topological polar surface area (TPSA) is 90.9 Å².